The van der Waals surface area contributed by atoms with Crippen LogP contribution in [0.3, 0.4) is 0 Å². The molecule has 4 heteroatoms. The first-order valence-electron chi connectivity index (χ1n) is 6.40. The Morgan fingerprint density at radius 2 is 1.95 bits per heavy atom. The number of aromatic nitrogens is 2. The van der Waals surface area contributed by atoms with Crippen LogP contribution >= 0.6 is 0 Å². The van der Waals surface area contributed by atoms with E-state index in [0.717, 1.165) is 16.6 Å². The summed E-state index contributed by atoms with van der Waals surface area (Å²) in [6.45, 7) is 0. The molecule has 0 saturated carbocycles. The molecule has 0 aliphatic carbocycles. The highest BCUT2D eigenvalue weighted by Gasteiger charge is 2.08. The highest BCUT2D eigenvalue weighted by molar-refractivity contribution is 5.83. The summed E-state index contributed by atoms with van der Waals surface area (Å²) < 4.78 is 13.4. The van der Waals surface area contributed by atoms with Crippen molar-refractivity contribution in [3.63, 3.8) is 0 Å². The minimum atomic E-state index is -0.416. The maximum atomic E-state index is 13.4. The number of H-pyrrole nitrogens is 1. The van der Waals surface area contributed by atoms with Gasteiger partial charge in [-0.1, -0.05) is 30.2 Å². The van der Waals surface area contributed by atoms with Gasteiger partial charge in [-0.15, -0.1) is 6.42 Å². The SMILES string of the molecule is C#Cc1cc(Cc2n[nH]c(=O)c3ccccc23)ccc1F. The van der Waals surface area contributed by atoms with Crippen LogP contribution in [-0.4, -0.2) is 10.2 Å². The lowest BCUT2D eigenvalue weighted by molar-refractivity contribution is 0.623. The van der Waals surface area contributed by atoms with Crippen LogP contribution in [0.5, 0.6) is 0 Å². The third-order valence-corrected chi connectivity index (χ3v) is 3.33. The maximum Gasteiger partial charge on any atom is 0.272 e. The lowest BCUT2D eigenvalue weighted by Crippen LogP contribution is -2.11. The van der Waals surface area contributed by atoms with E-state index in [0.29, 0.717) is 11.8 Å². The molecule has 0 atom stereocenters. The Labute approximate surface area is 120 Å². The summed E-state index contributed by atoms with van der Waals surface area (Å²) in [4.78, 5) is 11.7. The van der Waals surface area contributed by atoms with Crippen molar-refractivity contribution in [2.75, 3.05) is 0 Å². The van der Waals surface area contributed by atoms with Crippen molar-refractivity contribution < 1.29 is 4.39 Å². The molecule has 3 nitrogen and oxygen atoms in total. The molecule has 0 aliphatic heterocycles. The number of rotatable bonds is 2. The number of halogens is 1. The summed E-state index contributed by atoms with van der Waals surface area (Å²) in [6.07, 6.45) is 5.73. The number of nitrogens with one attached hydrogen (secondary N) is 1. The summed E-state index contributed by atoms with van der Waals surface area (Å²) >= 11 is 0. The summed E-state index contributed by atoms with van der Waals surface area (Å²) in [6, 6.07) is 11.9. The molecule has 3 rings (SSSR count). The van der Waals surface area contributed by atoms with Gasteiger partial charge in [-0.3, -0.25) is 4.79 Å². The lowest BCUT2D eigenvalue weighted by Gasteiger charge is -2.06. The van der Waals surface area contributed by atoms with E-state index < -0.39 is 5.82 Å². The van der Waals surface area contributed by atoms with Gasteiger partial charge >= 0.3 is 0 Å². The van der Waals surface area contributed by atoms with Gasteiger partial charge in [-0.25, -0.2) is 9.49 Å². The number of hydrogen-bond acceptors (Lipinski definition) is 2. The Morgan fingerprint density at radius 3 is 2.71 bits per heavy atom. The highest BCUT2D eigenvalue weighted by Crippen LogP contribution is 2.17. The molecular formula is C17H11FN2O. The molecule has 0 spiro atoms. The predicted octanol–water partition coefficient (Wildman–Crippen LogP) is 2.63. The number of aromatic amines is 1. The summed E-state index contributed by atoms with van der Waals surface area (Å²) in [5, 5.41) is 7.95. The second-order valence-electron chi connectivity index (χ2n) is 4.68. The number of terminal acetylenes is 1. The van der Waals surface area contributed by atoms with E-state index in [4.69, 9.17) is 6.42 Å². The zero-order chi connectivity index (χ0) is 14.8. The molecule has 0 amide bonds. The van der Waals surface area contributed by atoms with Gasteiger partial charge < -0.3 is 0 Å². The monoisotopic (exact) mass is 278 g/mol. The van der Waals surface area contributed by atoms with E-state index in [1.165, 1.54) is 6.07 Å². The molecule has 102 valence electrons. The van der Waals surface area contributed by atoms with Crippen LogP contribution in [0.25, 0.3) is 10.8 Å². The van der Waals surface area contributed by atoms with Crippen molar-refractivity contribution >= 4 is 10.8 Å². The minimum absolute atomic E-state index is 0.223. The van der Waals surface area contributed by atoms with Crippen molar-refractivity contribution in [2.24, 2.45) is 0 Å². The molecule has 2 aromatic carbocycles. The molecule has 0 aliphatic rings. The number of nitrogens with zero attached hydrogens (tertiary/aromatic N) is 1. The van der Waals surface area contributed by atoms with Gasteiger partial charge in [0, 0.05) is 11.8 Å². The minimum Gasteiger partial charge on any atom is -0.267 e. The zero-order valence-corrected chi connectivity index (χ0v) is 11.1. The molecule has 1 heterocycles. The van der Waals surface area contributed by atoms with E-state index in [9.17, 15) is 9.18 Å². The molecule has 3 aromatic rings. The van der Waals surface area contributed by atoms with Crippen molar-refractivity contribution in [3.05, 3.63) is 75.5 Å². The van der Waals surface area contributed by atoms with Gasteiger partial charge in [0.15, 0.2) is 0 Å². The van der Waals surface area contributed by atoms with Crippen molar-refractivity contribution in [2.45, 2.75) is 6.42 Å². The molecule has 21 heavy (non-hydrogen) atoms. The fourth-order valence-corrected chi connectivity index (χ4v) is 2.29. The third kappa shape index (κ3) is 2.41. The topological polar surface area (TPSA) is 45.8 Å². The van der Waals surface area contributed by atoms with Crippen LogP contribution in [0.1, 0.15) is 16.8 Å². The average molecular weight is 278 g/mol. The quantitative estimate of drug-likeness (QED) is 0.732. The standard InChI is InChI=1S/C17H11FN2O/c1-2-12-9-11(7-8-15(12)18)10-16-13-5-3-4-6-14(13)17(21)20-19-16/h1,3-9H,10H2,(H,20,21). The second-order valence-corrected chi connectivity index (χ2v) is 4.68. The van der Waals surface area contributed by atoms with E-state index in [-0.39, 0.29) is 11.1 Å². The number of fused-ring (bicyclic) bond motifs is 1. The first-order valence-corrected chi connectivity index (χ1v) is 6.40. The largest absolute Gasteiger partial charge is 0.272 e. The second kappa shape index (κ2) is 5.22. The fourth-order valence-electron chi connectivity index (χ4n) is 2.29. The predicted molar refractivity (Wildman–Crippen MR) is 79.5 cm³/mol. The zero-order valence-electron chi connectivity index (χ0n) is 11.1. The first kappa shape index (κ1) is 13.1. The van der Waals surface area contributed by atoms with Crippen LogP contribution in [-0.2, 0) is 6.42 Å². The normalized spacial score (nSPS) is 10.5. The molecule has 1 N–H and O–H groups in total. The molecule has 0 unspecified atom stereocenters. The lowest BCUT2D eigenvalue weighted by atomic mass is 10.0. The van der Waals surface area contributed by atoms with Crippen molar-refractivity contribution in [1.82, 2.24) is 10.2 Å². The third-order valence-electron chi connectivity index (χ3n) is 3.33. The van der Waals surface area contributed by atoms with Gasteiger partial charge in [0.05, 0.1) is 16.6 Å². The number of benzene rings is 2. The van der Waals surface area contributed by atoms with Crippen LogP contribution in [0.4, 0.5) is 4.39 Å². The Balaban J connectivity index is 2.09. The molecule has 0 fully saturated rings. The molecule has 0 bridgehead atoms. The maximum absolute atomic E-state index is 13.4. The fraction of sp³-hybridized carbons (Fsp3) is 0.0588. The van der Waals surface area contributed by atoms with Gasteiger partial charge in [0.25, 0.3) is 5.56 Å². The number of hydrogen-bond donors (Lipinski definition) is 1. The van der Waals surface area contributed by atoms with Crippen molar-refractivity contribution in [3.8, 4) is 12.3 Å². The Kier molecular flexibility index (Phi) is 3.25. The molecule has 1 aromatic heterocycles. The molecule has 0 radical (unpaired) electrons. The van der Waals surface area contributed by atoms with Gasteiger partial charge in [-0.05, 0) is 23.8 Å². The van der Waals surface area contributed by atoms with E-state index in [1.54, 1.807) is 24.3 Å². The van der Waals surface area contributed by atoms with Crippen LogP contribution < -0.4 is 5.56 Å². The smallest absolute Gasteiger partial charge is 0.267 e. The van der Waals surface area contributed by atoms with Crippen LogP contribution in [0.15, 0.2) is 47.3 Å². The Bertz CT molecular complexity index is 922. The Morgan fingerprint density at radius 1 is 1.19 bits per heavy atom. The van der Waals surface area contributed by atoms with Crippen LogP contribution in [0, 0.1) is 18.2 Å². The van der Waals surface area contributed by atoms with E-state index >= 15 is 0 Å². The van der Waals surface area contributed by atoms with E-state index in [1.807, 2.05) is 12.1 Å². The Hall–Kier alpha value is -2.93. The van der Waals surface area contributed by atoms with Crippen LogP contribution in [0.2, 0.25) is 0 Å². The van der Waals surface area contributed by atoms with E-state index in [2.05, 4.69) is 16.1 Å². The highest BCUT2D eigenvalue weighted by atomic mass is 19.1. The summed E-state index contributed by atoms with van der Waals surface area (Å²) in [5.74, 6) is 1.90. The molecule has 0 saturated heterocycles. The summed E-state index contributed by atoms with van der Waals surface area (Å²) in [7, 11) is 0. The average Bonchev–Trinajstić information content (AvgIpc) is 2.52. The van der Waals surface area contributed by atoms with Gasteiger partial charge in [0.2, 0.25) is 0 Å². The van der Waals surface area contributed by atoms with Gasteiger partial charge in [0.1, 0.15) is 5.82 Å². The summed E-state index contributed by atoms with van der Waals surface area (Å²) in [5.41, 5.74) is 1.56. The first-order chi connectivity index (χ1) is 10.2. The van der Waals surface area contributed by atoms with Gasteiger partial charge in [-0.2, -0.15) is 5.10 Å². The van der Waals surface area contributed by atoms with Crippen molar-refractivity contribution in [1.29, 1.82) is 0 Å². The molecular weight excluding hydrogens is 267 g/mol.